The molecular formula is C14H18BrNO3S. The Morgan fingerprint density at radius 3 is 2.45 bits per heavy atom. The molecule has 0 aliphatic heterocycles. The second kappa shape index (κ2) is 7.69. The molecule has 1 rings (SSSR count). The molecule has 0 saturated carbocycles. The zero-order chi connectivity index (χ0) is 15.3. The van der Waals surface area contributed by atoms with Gasteiger partial charge in [-0.05, 0) is 39.0 Å². The maximum atomic E-state index is 12.2. The van der Waals surface area contributed by atoms with Crippen molar-refractivity contribution >= 4 is 39.6 Å². The first-order valence-electron chi connectivity index (χ1n) is 6.38. The third-order valence-electron chi connectivity index (χ3n) is 2.90. The summed E-state index contributed by atoms with van der Waals surface area (Å²) in [7, 11) is 0. The molecule has 0 saturated heterocycles. The van der Waals surface area contributed by atoms with Crippen LogP contribution in [-0.4, -0.2) is 40.2 Å². The smallest absolute Gasteiger partial charge is 0.336 e. The zero-order valence-electron chi connectivity index (χ0n) is 11.7. The van der Waals surface area contributed by atoms with Crippen molar-refractivity contribution in [3.8, 4) is 0 Å². The number of carbonyl (C=O) groups excluding carboxylic acids is 1. The van der Waals surface area contributed by atoms with E-state index in [1.165, 1.54) is 11.8 Å². The lowest BCUT2D eigenvalue weighted by Crippen LogP contribution is -2.36. The molecule has 0 radical (unpaired) electrons. The normalized spacial score (nSPS) is 12.0. The summed E-state index contributed by atoms with van der Waals surface area (Å²) in [5.41, 5.74) is 0.220. The Kier molecular flexibility index (Phi) is 6.55. The number of aromatic carboxylic acids is 1. The van der Waals surface area contributed by atoms with Gasteiger partial charge in [-0.2, -0.15) is 0 Å². The van der Waals surface area contributed by atoms with Gasteiger partial charge in [-0.25, -0.2) is 4.79 Å². The summed E-state index contributed by atoms with van der Waals surface area (Å²) >= 11 is 4.60. The van der Waals surface area contributed by atoms with E-state index < -0.39 is 5.97 Å². The molecule has 20 heavy (non-hydrogen) atoms. The fraction of sp³-hybridized carbons (Fsp3) is 0.429. The van der Waals surface area contributed by atoms with E-state index >= 15 is 0 Å². The number of hydrogen-bond acceptors (Lipinski definition) is 3. The zero-order valence-corrected chi connectivity index (χ0v) is 14.1. The molecular weight excluding hydrogens is 342 g/mol. The van der Waals surface area contributed by atoms with E-state index in [4.69, 9.17) is 0 Å². The number of rotatable bonds is 6. The summed E-state index contributed by atoms with van der Waals surface area (Å²) < 4.78 is 0.799. The van der Waals surface area contributed by atoms with E-state index in [1.54, 1.807) is 30.0 Å². The van der Waals surface area contributed by atoms with Crippen LogP contribution < -0.4 is 0 Å². The SMILES string of the molecule is CCN(CC)C(=O)C(C)Sc1cc(Br)ccc1C(=O)O. The van der Waals surface area contributed by atoms with Gasteiger partial charge in [-0.3, -0.25) is 4.79 Å². The van der Waals surface area contributed by atoms with Crippen molar-refractivity contribution < 1.29 is 14.7 Å². The monoisotopic (exact) mass is 359 g/mol. The lowest BCUT2D eigenvalue weighted by molar-refractivity contribution is -0.129. The first-order chi connectivity index (χ1) is 9.40. The number of carboxylic acid groups (broad SMARTS) is 1. The Morgan fingerprint density at radius 1 is 1.35 bits per heavy atom. The maximum Gasteiger partial charge on any atom is 0.336 e. The molecule has 0 heterocycles. The summed E-state index contributed by atoms with van der Waals surface area (Å²) in [5.74, 6) is -0.959. The molecule has 1 amide bonds. The Balaban J connectivity index is 2.95. The molecule has 0 spiro atoms. The van der Waals surface area contributed by atoms with Crippen LogP contribution in [0.1, 0.15) is 31.1 Å². The van der Waals surface area contributed by atoms with Crippen LogP contribution in [0.25, 0.3) is 0 Å². The second-order valence-corrected chi connectivity index (χ2v) is 6.51. The van der Waals surface area contributed by atoms with Gasteiger partial charge in [0, 0.05) is 22.5 Å². The maximum absolute atomic E-state index is 12.2. The Bertz CT molecular complexity index is 503. The first-order valence-corrected chi connectivity index (χ1v) is 8.06. The van der Waals surface area contributed by atoms with E-state index in [1.807, 2.05) is 13.8 Å². The highest BCUT2D eigenvalue weighted by Crippen LogP contribution is 2.30. The van der Waals surface area contributed by atoms with Gasteiger partial charge in [0.05, 0.1) is 10.8 Å². The number of carbonyl (C=O) groups is 2. The van der Waals surface area contributed by atoms with Crippen LogP contribution in [0.3, 0.4) is 0 Å². The molecule has 1 unspecified atom stereocenters. The molecule has 0 aromatic heterocycles. The highest BCUT2D eigenvalue weighted by Gasteiger charge is 2.21. The third kappa shape index (κ3) is 4.24. The van der Waals surface area contributed by atoms with Crippen molar-refractivity contribution in [3.05, 3.63) is 28.2 Å². The Morgan fingerprint density at radius 2 is 1.95 bits per heavy atom. The van der Waals surface area contributed by atoms with Gasteiger partial charge in [0.25, 0.3) is 0 Å². The minimum absolute atomic E-state index is 0.0244. The minimum atomic E-state index is -0.984. The summed E-state index contributed by atoms with van der Waals surface area (Å²) in [4.78, 5) is 25.8. The molecule has 0 aliphatic rings. The number of hydrogen-bond donors (Lipinski definition) is 1. The molecule has 4 nitrogen and oxygen atoms in total. The van der Waals surface area contributed by atoms with Crippen molar-refractivity contribution in [2.24, 2.45) is 0 Å². The number of carboxylic acids is 1. The predicted octanol–water partition coefficient (Wildman–Crippen LogP) is 3.50. The van der Waals surface area contributed by atoms with Gasteiger partial charge >= 0.3 is 5.97 Å². The largest absolute Gasteiger partial charge is 0.478 e. The molecule has 1 aromatic carbocycles. The van der Waals surface area contributed by atoms with Crippen LogP contribution in [0.15, 0.2) is 27.6 Å². The van der Waals surface area contributed by atoms with Gasteiger partial charge in [-0.1, -0.05) is 15.9 Å². The fourth-order valence-electron chi connectivity index (χ4n) is 1.80. The summed E-state index contributed by atoms with van der Waals surface area (Å²) in [6.07, 6.45) is 0. The van der Waals surface area contributed by atoms with Crippen molar-refractivity contribution in [1.29, 1.82) is 0 Å². The predicted molar refractivity (Wildman–Crippen MR) is 84.3 cm³/mol. The average Bonchev–Trinajstić information content (AvgIpc) is 2.39. The fourth-order valence-corrected chi connectivity index (χ4v) is 3.42. The molecule has 1 N–H and O–H groups in total. The van der Waals surface area contributed by atoms with Crippen molar-refractivity contribution in [2.45, 2.75) is 30.9 Å². The van der Waals surface area contributed by atoms with E-state index in [-0.39, 0.29) is 16.7 Å². The number of amides is 1. The lowest BCUT2D eigenvalue weighted by Gasteiger charge is -2.22. The summed E-state index contributed by atoms with van der Waals surface area (Å²) in [6, 6.07) is 4.97. The molecule has 0 aliphatic carbocycles. The van der Waals surface area contributed by atoms with Gasteiger partial charge in [0.1, 0.15) is 0 Å². The van der Waals surface area contributed by atoms with Gasteiger partial charge in [0.15, 0.2) is 0 Å². The van der Waals surface area contributed by atoms with Crippen LogP contribution in [0, 0.1) is 0 Å². The van der Waals surface area contributed by atoms with Crippen LogP contribution in [-0.2, 0) is 4.79 Å². The quantitative estimate of drug-likeness (QED) is 0.789. The topological polar surface area (TPSA) is 57.6 Å². The summed E-state index contributed by atoms with van der Waals surface area (Å²) in [6.45, 7) is 6.98. The highest BCUT2D eigenvalue weighted by molar-refractivity contribution is 9.10. The van der Waals surface area contributed by atoms with E-state index in [9.17, 15) is 14.7 Å². The number of benzene rings is 1. The van der Waals surface area contributed by atoms with Crippen LogP contribution in [0.5, 0.6) is 0 Å². The molecule has 110 valence electrons. The lowest BCUT2D eigenvalue weighted by atomic mass is 10.2. The Labute approximate surface area is 131 Å². The van der Waals surface area contributed by atoms with Crippen molar-refractivity contribution in [1.82, 2.24) is 4.90 Å². The van der Waals surface area contributed by atoms with E-state index in [0.717, 1.165) is 4.47 Å². The number of halogens is 1. The highest BCUT2D eigenvalue weighted by atomic mass is 79.9. The molecule has 0 bridgehead atoms. The van der Waals surface area contributed by atoms with Gasteiger partial charge in [0.2, 0.25) is 5.91 Å². The Hall–Kier alpha value is -1.01. The third-order valence-corrected chi connectivity index (χ3v) is 4.54. The van der Waals surface area contributed by atoms with Crippen LogP contribution in [0.2, 0.25) is 0 Å². The first kappa shape index (κ1) is 17.0. The average molecular weight is 360 g/mol. The molecule has 0 fully saturated rings. The van der Waals surface area contributed by atoms with Gasteiger partial charge in [-0.15, -0.1) is 11.8 Å². The minimum Gasteiger partial charge on any atom is -0.478 e. The standard InChI is InChI=1S/C14H18BrNO3S/c1-4-16(5-2)13(17)9(3)20-12-8-10(15)6-7-11(12)14(18)19/h6-9H,4-5H2,1-3H3,(H,18,19). The summed E-state index contributed by atoms with van der Waals surface area (Å²) in [5, 5.41) is 8.87. The number of nitrogens with zero attached hydrogens (tertiary/aromatic N) is 1. The van der Waals surface area contributed by atoms with E-state index in [2.05, 4.69) is 15.9 Å². The number of thioether (sulfide) groups is 1. The molecule has 1 aromatic rings. The van der Waals surface area contributed by atoms with Gasteiger partial charge < -0.3 is 10.0 Å². The molecule has 6 heteroatoms. The molecule has 1 atom stereocenters. The van der Waals surface area contributed by atoms with Crippen molar-refractivity contribution in [2.75, 3.05) is 13.1 Å². The van der Waals surface area contributed by atoms with Crippen LogP contribution in [0.4, 0.5) is 0 Å². The van der Waals surface area contributed by atoms with Crippen LogP contribution >= 0.6 is 27.7 Å². The van der Waals surface area contributed by atoms with E-state index in [0.29, 0.717) is 18.0 Å². The van der Waals surface area contributed by atoms with Crippen molar-refractivity contribution in [3.63, 3.8) is 0 Å². The second-order valence-electron chi connectivity index (χ2n) is 4.22.